The molecule has 41 heavy (non-hydrogen) atoms. The number of esters is 1. The van der Waals surface area contributed by atoms with E-state index in [1.165, 1.54) is 12.1 Å². The number of hydrogen-bond acceptors (Lipinski definition) is 12. The van der Waals surface area contributed by atoms with Crippen LogP contribution in [0.4, 0.5) is 14.4 Å². The van der Waals surface area contributed by atoms with Crippen LogP contribution in [0.3, 0.4) is 0 Å². The summed E-state index contributed by atoms with van der Waals surface area (Å²) in [6, 6.07) is 3.24. The number of benzene rings is 1. The average molecular weight is 584 g/mol. The highest BCUT2D eigenvalue weighted by atomic mass is 16.8. The summed E-state index contributed by atoms with van der Waals surface area (Å²) in [6.45, 7) is 16.3. The number of ether oxygens (including phenoxy) is 7. The van der Waals surface area contributed by atoms with Gasteiger partial charge >= 0.3 is 24.4 Å². The second-order valence-corrected chi connectivity index (χ2v) is 10.9. The molecule has 0 aromatic heterocycles. The highest BCUT2D eigenvalue weighted by Gasteiger charge is 2.24. The summed E-state index contributed by atoms with van der Waals surface area (Å²) in [5.41, 5.74) is 6.52. The van der Waals surface area contributed by atoms with E-state index in [2.05, 4.69) is 0 Å². The molecular weight excluding hydrogens is 538 g/mol. The van der Waals surface area contributed by atoms with Crippen LogP contribution >= 0.6 is 0 Å². The highest BCUT2D eigenvalue weighted by Crippen LogP contribution is 2.30. The zero-order valence-corrected chi connectivity index (χ0v) is 25.5. The van der Waals surface area contributed by atoms with Gasteiger partial charge < -0.3 is 38.9 Å². The van der Waals surface area contributed by atoms with Crippen LogP contribution in [-0.4, -0.2) is 62.0 Å². The molecule has 1 aromatic carbocycles. The van der Waals surface area contributed by atoms with E-state index in [0.29, 0.717) is 5.56 Å². The van der Waals surface area contributed by atoms with E-state index in [1.807, 2.05) is 41.5 Å². The Kier molecular flexibility index (Phi) is 15.0. The maximum Gasteiger partial charge on any atom is 0.514 e. The van der Waals surface area contributed by atoms with Crippen LogP contribution in [0.5, 0.6) is 11.5 Å². The van der Waals surface area contributed by atoms with Crippen LogP contribution < -0.4 is 15.2 Å². The molecule has 12 nitrogen and oxygen atoms in total. The maximum absolute atomic E-state index is 12.5. The van der Waals surface area contributed by atoms with Gasteiger partial charge in [-0.15, -0.1) is 0 Å². The van der Waals surface area contributed by atoms with Gasteiger partial charge in [0.05, 0.1) is 6.61 Å². The third kappa shape index (κ3) is 14.1. The van der Waals surface area contributed by atoms with E-state index in [4.69, 9.17) is 38.9 Å². The van der Waals surface area contributed by atoms with E-state index in [-0.39, 0.29) is 48.9 Å². The van der Waals surface area contributed by atoms with Crippen molar-refractivity contribution in [2.45, 2.75) is 93.1 Å². The summed E-state index contributed by atoms with van der Waals surface area (Å²) < 4.78 is 36.3. The molecule has 0 amide bonds. The van der Waals surface area contributed by atoms with Crippen molar-refractivity contribution < 1.29 is 52.3 Å². The molecule has 2 N–H and O–H groups in total. The summed E-state index contributed by atoms with van der Waals surface area (Å²) in [5.74, 6) is -0.702. The Bertz CT molecular complexity index is 1010. The average Bonchev–Trinajstić information content (AvgIpc) is 2.87. The summed E-state index contributed by atoms with van der Waals surface area (Å²) in [4.78, 5) is 48.9. The van der Waals surface area contributed by atoms with Gasteiger partial charge in [-0.3, -0.25) is 4.79 Å². The molecule has 1 rings (SSSR count). The minimum Gasteiger partial charge on any atom is -0.458 e. The topological polar surface area (TPSA) is 159 Å². The normalized spacial score (nSPS) is 14.1. The van der Waals surface area contributed by atoms with E-state index < -0.39 is 48.8 Å². The molecule has 0 aliphatic carbocycles. The molecular formula is C29H45NO11. The molecule has 232 valence electrons. The predicted molar refractivity (Wildman–Crippen MR) is 149 cm³/mol. The fourth-order valence-corrected chi connectivity index (χ4v) is 2.77. The summed E-state index contributed by atoms with van der Waals surface area (Å²) in [6.07, 6.45) is -4.45. The fraction of sp³-hybridized carbons (Fsp3) is 0.655. The number of rotatable bonds is 14. The largest absolute Gasteiger partial charge is 0.514 e. The monoisotopic (exact) mass is 583 g/mol. The highest BCUT2D eigenvalue weighted by molar-refractivity contribution is 5.76. The third-order valence-corrected chi connectivity index (χ3v) is 5.88. The van der Waals surface area contributed by atoms with E-state index in [0.717, 1.165) is 0 Å². The Hall–Kier alpha value is -3.54. The summed E-state index contributed by atoms with van der Waals surface area (Å²) in [5, 5.41) is 0. The van der Waals surface area contributed by atoms with Gasteiger partial charge in [-0.1, -0.05) is 47.6 Å². The zero-order valence-electron chi connectivity index (χ0n) is 25.5. The second kappa shape index (κ2) is 17.3. The Balaban J connectivity index is 2.92. The standard InChI is InChI=1S/C29H45NO11/c1-16(2)14-35-27(32)36-15-19(7)37-26(31)23(30)12-22-10-11-24(40-28(33)38-20(8)17(3)4)25(13-22)41-29(34)39-21(9)18(5)6/h10-11,13,16-21,23H,12,14-15,30H2,1-9H3/t19-,20?,21?,23-/m0/s1. The first-order chi connectivity index (χ1) is 19.1. The van der Waals surface area contributed by atoms with Gasteiger partial charge in [-0.2, -0.15) is 0 Å². The van der Waals surface area contributed by atoms with Crippen LogP contribution in [0.1, 0.15) is 67.9 Å². The Morgan fingerprint density at radius 2 is 1.20 bits per heavy atom. The zero-order chi connectivity index (χ0) is 31.3. The van der Waals surface area contributed by atoms with Gasteiger partial charge in [0.2, 0.25) is 0 Å². The van der Waals surface area contributed by atoms with Crippen LogP contribution in [0.25, 0.3) is 0 Å². The van der Waals surface area contributed by atoms with Crippen molar-refractivity contribution in [1.29, 1.82) is 0 Å². The minimum atomic E-state index is -1.10. The van der Waals surface area contributed by atoms with Crippen LogP contribution in [0.15, 0.2) is 18.2 Å². The lowest BCUT2D eigenvalue weighted by molar-refractivity contribution is -0.152. The lowest BCUT2D eigenvalue weighted by Gasteiger charge is -2.19. The molecule has 0 spiro atoms. The van der Waals surface area contributed by atoms with E-state index >= 15 is 0 Å². The van der Waals surface area contributed by atoms with Gasteiger partial charge in [-0.05, 0) is 62.6 Å². The van der Waals surface area contributed by atoms with Crippen LogP contribution in [0.2, 0.25) is 0 Å². The lowest BCUT2D eigenvalue weighted by Crippen LogP contribution is -2.37. The molecule has 4 atom stereocenters. The third-order valence-electron chi connectivity index (χ3n) is 5.88. The summed E-state index contributed by atoms with van der Waals surface area (Å²) in [7, 11) is 0. The SMILES string of the molecule is CC(C)COC(=O)OC[C@H](C)OC(=O)[C@@H](N)Cc1ccc(OC(=O)OC(C)C(C)C)c(OC(=O)OC(C)C(C)C)c1. The van der Waals surface area contributed by atoms with Gasteiger partial charge in [0.1, 0.15) is 31.0 Å². The second-order valence-electron chi connectivity index (χ2n) is 10.9. The fourth-order valence-electron chi connectivity index (χ4n) is 2.77. The molecule has 0 bridgehead atoms. The molecule has 0 saturated heterocycles. The number of hydrogen-bond donors (Lipinski definition) is 1. The van der Waals surface area contributed by atoms with Crippen molar-refractivity contribution >= 4 is 24.4 Å². The first-order valence-corrected chi connectivity index (χ1v) is 13.7. The summed E-state index contributed by atoms with van der Waals surface area (Å²) >= 11 is 0. The Morgan fingerprint density at radius 1 is 0.683 bits per heavy atom. The van der Waals surface area contributed by atoms with Gasteiger partial charge in [0.15, 0.2) is 11.5 Å². The Labute approximate surface area is 242 Å². The number of carbonyl (C=O) groups excluding carboxylic acids is 4. The molecule has 0 radical (unpaired) electrons. The van der Waals surface area contributed by atoms with Gasteiger partial charge in [-0.25, -0.2) is 14.4 Å². The van der Waals surface area contributed by atoms with Crippen molar-refractivity contribution in [3.05, 3.63) is 23.8 Å². The first kappa shape index (κ1) is 35.5. The number of nitrogens with two attached hydrogens (primary N) is 1. The van der Waals surface area contributed by atoms with Crippen molar-refractivity contribution in [2.24, 2.45) is 23.5 Å². The van der Waals surface area contributed by atoms with Gasteiger partial charge in [0.25, 0.3) is 0 Å². The van der Waals surface area contributed by atoms with Crippen molar-refractivity contribution in [1.82, 2.24) is 0 Å². The molecule has 0 fully saturated rings. The molecule has 0 aliphatic rings. The van der Waals surface area contributed by atoms with Crippen LogP contribution in [-0.2, 0) is 34.9 Å². The van der Waals surface area contributed by atoms with Crippen molar-refractivity contribution in [3.8, 4) is 11.5 Å². The molecule has 12 heteroatoms. The molecule has 0 heterocycles. The molecule has 0 saturated carbocycles. The van der Waals surface area contributed by atoms with Crippen molar-refractivity contribution in [3.63, 3.8) is 0 Å². The minimum absolute atomic E-state index is 0.00818. The number of carbonyl (C=O) groups is 4. The smallest absolute Gasteiger partial charge is 0.458 e. The predicted octanol–water partition coefficient (Wildman–Crippen LogP) is 5.42. The van der Waals surface area contributed by atoms with Crippen molar-refractivity contribution in [2.75, 3.05) is 13.2 Å². The molecule has 2 unspecified atom stereocenters. The Morgan fingerprint density at radius 3 is 1.71 bits per heavy atom. The quantitative estimate of drug-likeness (QED) is 0.169. The van der Waals surface area contributed by atoms with Gasteiger partial charge in [0, 0.05) is 0 Å². The first-order valence-electron chi connectivity index (χ1n) is 13.7. The van der Waals surface area contributed by atoms with E-state index in [9.17, 15) is 19.2 Å². The lowest BCUT2D eigenvalue weighted by atomic mass is 10.1. The van der Waals surface area contributed by atoms with Crippen LogP contribution in [0, 0.1) is 17.8 Å². The van der Waals surface area contributed by atoms with E-state index in [1.54, 1.807) is 26.8 Å². The molecule has 0 aliphatic heterocycles. The molecule has 1 aromatic rings. The maximum atomic E-state index is 12.5.